The van der Waals surface area contributed by atoms with E-state index in [0.717, 1.165) is 6.42 Å². The second-order valence-electron chi connectivity index (χ2n) is 8.07. The number of hydrogen-bond acceptors (Lipinski definition) is 0. The molecule has 0 saturated carbocycles. The summed E-state index contributed by atoms with van der Waals surface area (Å²) in [4.78, 5) is 0. The van der Waals surface area contributed by atoms with Crippen molar-refractivity contribution in [3.8, 4) is 0 Å². The molecule has 0 aromatic heterocycles. The molecule has 2 aromatic rings. The second kappa shape index (κ2) is 5.94. The molecule has 0 heterocycles. The van der Waals surface area contributed by atoms with E-state index in [1.165, 1.54) is 11.1 Å². The monoisotopic (exact) mass is 312 g/mol. The van der Waals surface area contributed by atoms with E-state index < -0.39 is 16.1 Å². The highest BCUT2D eigenvalue weighted by Crippen LogP contribution is 2.11. The number of benzene rings is 2. The predicted molar refractivity (Wildman–Crippen MR) is 102 cm³/mol. The van der Waals surface area contributed by atoms with Gasteiger partial charge in [-0.1, -0.05) is 98.2 Å². The van der Waals surface area contributed by atoms with Gasteiger partial charge in [0.05, 0.1) is 16.1 Å². The lowest BCUT2D eigenvalue weighted by Gasteiger charge is -2.17. The van der Waals surface area contributed by atoms with Crippen LogP contribution in [0.3, 0.4) is 0 Å². The molecule has 21 heavy (non-hydrogen) atoms. The minimum absolute atomic E-state index is 1.04. The fourth-order valence-electron chi connectivity index (χ4n) is 2.48. The van der Waals surface area contributed by atoms with Gasteiger partial charge in [0.15, 0.2) is 0 Å². The van der Waals surface area contributed by atoms with E-state index >= 15 is 0 Å². The average Bonchev–Trinajstić information content (AvgIpc) is 2.38. The summed E-state index contributed by atoms with van der Waals surface area (Å²) in [5, 5.41) is 3.08. The van der Waals surface area contributed by atoms with Crippen molar-refractivity contribution in [2.45, 2.75) is 45.7 Å². The van der Waals surface area contributed by atoms with Crippen molar-refractivity contribution in [2.75, 3.05) is 0 Å². The third-order valence-electron chi connectivity index (χ3n) is 4.05. The van der Waals surface area contributed by atoms with E-state index in [1.54, 1.807) is 10.4 Å². The molecule has 0 amide bonds. The molecule has 0 N–H and O–H groups in total. The molecule has 0 aliphatic carbocycles. The summed E-state index contributed by atoms with van der Waals surface area (Å²) < 4.78 is 0. The highest BCUT2D eigenvalue weighted by atomic mass is 28.3. The first kappa shape index (κ1) is 16.2. The summed E-state index contributed by atoms with van der Waals surface area (Å²) in [5.41, 5.74) is 2.83. The minimum Gasteiger partial charge on any atom is -0.0656 e. The smallest absolute Gasteiger partial charge is 0.0656 e. The second-order valence-corrected chi connectivity index (χ2v) is 18.2. The van der Waals surface area contributed by atoms with Crippen molar-refractivity contribution in [3.63, 3.8) is 0 Å². The zero-order valence-electron chi connectivity index (χ0n) is 14.3. The van der Waals surface area contributed by atoms with Crippen LogP contribution in [0.4, 0.5) is 0 Å². The lowest BCUT2D eigenvalue weighted by atomic mass is 10.1. The summed E-state index contributed by atoms with van der Waals surface area (Å²) in [6.07, 6.45) is 1.04. The van der Waals surface area contributed by atoms with Gasteiger partial charge in [0, 0.05) is 0 Å². The van der Waals surface area contributed by atoms with Crippen molar-refractivity contribution >= 4 is 26.5 Å². The van der Waals surface area contributed by atoms with E-state index in [0.29, 0.717) is 0 Å². The Hall–Kier alpha value is -1.13. The maximum Gasteiger partial charge on any atom is 0.0775 e. The molecule has 0 unspecified atom stereocenters. The summed E-state index contributed by atoms with van der Waals surface area (Å²) >= 11 is 0. The Morgan fingerprint density at radius 2 is 0.810 bits per heavy atom. The molecular formula is C19H28Si2. The Balaban J connectivity index is 2.12. The molecule has 0 saturated heterocycles. The van der Waals surface area contributed by atoms with Gasteiger partial charge in [-0.25, -0.2) is 0 Å². The zero-order chi connectivity index (χ0) is 15.7. The Morgan fingerprint density at radius 1 is 0.524 bits per heavy atom. The lowest BCUT2D eigenvalue weighted by molar-refractivity contribution is 1.20. The molecule has 2 heteroatoms. The fourth-order valence-corrected chi connectivity index (χ4v) is 4.81. The third kappa shape index (κ3) is 4.42. The van der Waals surface area contributed by atoms with Crippen molar-refractivity contribution in [1.82, 2.24) is 0 Å². The summed E-state index contributed by atoms with van der Waals surface area (Å²) in [5.74, 6) is 0. The van der Waals surface area contributed by atoms with E-state index in [1.807, 2.05) is 0 Å². The van der Waals surface area contributed by atoms with Gasteiger partial charge in [0.2, 0.25) is 0 Å². The molecule has 0 atom stereocenters. The van der Waals surface area contributed by atoms with Crippen LogP contribution < -0.4 is 10.4 Å². The summed E-state index contributed by atoms with van der Waals surface area (Å²) in [6.45, 7) is 14.4. The zero-order valence-corrected chi connectivity index (χ0v) is 16.3. The van der Waals surface area contributed by atoms with Gasteiger partial charge >= 0.3 is 0 Å². The molecule has 112 valence electrons. The molecular weight excluding hydrogens is 284 g/mol. The van der Waals surface area contributed by atoms with Crippen molar-refractivity contribution in [3.05, 3.63) is 59.7 Å². The van der Waals surface area contributed by atoms with Crippen LogP contribution in [0.5, 0.6) is 0 Å². The van der Waals surface area contributed by atoms with Gasteiger partial charge in [0.1, 0.15) is 0 Å². The van der Waals surface area contributed by atoms with E-state index in [-0.39, 0.29) is 0 Å². The van der Waals surface area contributed by atoms with E-state index in [2.05, 4.69) is 87.8 Å². The molecule has 0 aliphatic heterocycles. The van der Waals surface area contributed by atoms with Gasteiger partial charge in [0.25, 0.3) is 0 Å². The molecule has 2 aromatic carbocycles. The van der Waals surface area contributed by atoms with Crippen LogP contribution in [-0.2, 0) is 6.42 Å². The van der Waals surface area contributed by atoms with Crippen LogP contribution in [0.15, 0.2) is 48.5 Å². The van der Waals surface area contributed by atoms with Crippen molar-refractivity contribution < 1.29 is 0 Å². The third-order valence-corrected chi connectivity index (χ3v) is 8.18. The SMILES string of the molecule is C[Si](C)(C)c1ccc(Cc2ccc([Si](C)(C)C)cc2)cc1. The Morgan fingerprint density at radius 3 is 1.05 bits per heavy atom. The topological polar surface area (TPSA) is 0 Å². The lowest BCUT2D eigenvalue weighted by Crippen LogP contribution is -2.37. The number of hydrogen-bond donors (Lipinski definition) is 0. The Labute approximate surface area is 132 Å². The van der Waals surface area contributed by atoms with Crippen molar-refractivity contribution in [2.24, 2.45) is 0 Å². The van der Waals surface area contributed by atoms with Crippen LogP contribution in [0.1, 0.15) is 11.1 Å². The first-order valence-electron chi connectivity index (χ1n) is 7.85. The van der Waals surface area contributed by atoms with Crippen LogP contribution in [0.2, 0.25) is 39.3 Å². The van der Waals surface area contributed by atoms with Gasteiger partial charge in [-0.2, -0.15) is 0 Å². The highest BCUT2D eigenvalue weighted by Gasteiger charge is 2.16. The summed E-state index contributed by atoms with van der Waals surface area (Å²) in [6, 6.07) is 18.5. The largest absolute Gasteiger partial charge is 0.0775 e. The predicted octanol–water partition coefficient (Wildman–Crippen LogP) is 4.37. The normalized spacial score (nSPS) is 12.5. The standard InChI is InChI=1S/C19H28Si2/c1-20(2,3)18-11-7-16(8-12-18)15-17-9-13-19(14-10-17)21(4,5)6/h7-14H,15H2,1-6H3. The minimum atomic E-state index is -1.17. The highest BCUT2D eigenvalue weighted by molar-refractivity contribution is 6.89. The Bertz CT molecular complexity index is 526. The molecule has 0 aliphatic rings. The number of rotatable bonds is 4. The van der Waals surface area contributed by atoms with Crippen LogP contribution >= 0.6 is 0 Å². The summed E-state index contributed by atoms with van der Waals surface area (Å²) in [7, 11) is -2.34. The van der Waals surface area contributed by atoms with Gasteiger partial charge in [-0.3, -0.25) is 0 Å². The van der Waals surface area contributed by atoms with Crippen LogP contribution in [-0.4, -0.2) is 16.1 Å². The van der Waals surface area contributed by atoms with Gasteiger partial charge in [-0.15, -0.1) is 0 Å². The van der Waals surface area contributed by atoms with Gasteiger partial charge < -0.3 is 0 Å². The van der Waals surface area contributed by atoms with E-state index in [9.17, 15) is 0 Å². The van der Waals surface area contributed by atoms with Gasteiger partial charge in [-0.05, 0) is 17.5 Å². The van der Waals surface area contributed by atoms with Crippen LogP contribution in [0, 0.1) is 0 Å². The maximum atomic E-state index is 2.40. The molecule has 2 rings (SSSR count). The van der Waals surface area contributed by atoms with Crippen LogP contribution in [0.25, 0.3) is 0 Å². The average molecular weight is 313 g/mol. The Kier molecular flexibility index (Phi) is 4.59. The fraction of sp³-hybridized carbons (Fsp3) is 0.368. The first-order valence-corrected chi connectivity index (χ1v) is 14.8. The first-order chi connectivity index (χ1) is 9.66. The molecule has 0 bridgehead atoms. The molecule has 0 nitrogen and oxygen atoms in total. The molecule has 0 radical (unpaired) electrons. The maximum absolute atomic E-state index is 2.40. The van der Waals surface area contributed by atoms with E-state index in [4.69, 9.17) is 0 Å². The molecule has 0 fully saturated rings. The molecule has 0 spiro atoms. The van der Waals surface area contributed by atoms with Crippen molar-refractivity contribution in [1.29, 1.82) is 0 Å². The quantitative estimate of drug-likeness (QED) is 0.736.